The molecular weight excluding hydrogens is 538 g/mol. The first-order chi connectivity index (χ1) is 19.1. The molecule has 4 rings (SSSR count). The van der Waals surface area contributed by atoms with Gasteiger partial charge in [0.05, 0.1) is 13.2 Å². The average Bonchev–Trinajstić information content (AvgIpc) is 3.23. The van der Waals surface area contributed by atoms with Gasteiger partial charge in [0, 0.05) is 49.4 Å². The van der Waals surface area contributed by atoms with Crippen LogP contribution >= 0.6 is 11.6 Å². The Morgan fingerprint density at radius 3 is 2.75 bits per heavy atom. The zero-order valence-corrected chi connectivity index (χ0v) is 22.8. The van der Waals surface area contributed by atoms with Crippen molar-refractivity contribution in [2.45, 2.75) is 38.4 Å². The van der Waals surface area contributed by atoms with Crippen LogP contribution in [0.4, 0.5) is 10.5 Å². The van der Waals surface area contributed by atoms with Crippen molar-refractivity contribution >= 4 is 47.0 Å². The minimum Gasteiger partial charge on any atom is -0.379 e. The van der Waals surface area contributed by atoms with Crippen molar-refractivity contribution in [1.29, 1.82) is 5.41 Å². The first-order valence-electron chi connectivity index (χ1n) is 12.8. The molecule has 2 aliphatic rings. The molecule has 2 aliphatic heterocycles. The molecule has 2 heterocycles. The maximum Gasteiger partial charge on any atom is 0.319 e. The summed E-state index contributed by atoms with van der Waals surface area (Å²) in [6, 6.07) is 9.47. The maximum absolute atomic E-state index is 12.8. The number of nitrogens with one attached hydrogen (secondary N) is 4. The van der Waals surface area contributed by atoms with Crippen molar-refractivity contribution in [2.24, 2.45) is 5.73 Å². The molecule has 40 heavy (non-hydrogen) atoms. The molecule has 212 valence electrons. The molecule has 0 spiro atoms. The second-order valence-electron chi connectivity index (χ2n) is 9.67. The van der Waals surface area contributed by atoms with Crippen molar-refractivity contribution in [1.82, 2.24) is 20.4 Å². The lowest BCUT2D eigenvalue weighted by Crippen LogP contribution is -2.52. The van der Waals surface area contributed by atoms with E-state index in [1.54, 1.807) is 36.2 Å². The molecular formula is C27H32ClN7O5. The average molecular weight is 570 g/mol. The molecule has 2 aromatic rings. The summed E-state index contributed by atoms with van der Waals surface area (Å²) in [5.74, 6) is -1.03. The lowest BCUT2D eigenvalue weighted by atomic mass is 10.0. The van der Waals surface area contributed by atoms with E-state index in [0.29, 0.717) is 48.9 Å². The highest BCUT2D eigenvalue weighted by Gasteiger charge is 2.39. The van der Waals surface area contributed by atoms with E-state index in [1.807, 2.05) is 12.1 Å². The number of nitrogens with two attached hydrogens (primary N) is 1. The fraction of sp³-hybridized carbons (Fsp3) is 0.370. The van der Waals surface area contributed by atoms with Gasteiger partial charge in [0.25, 0.3) is 5.91 Å². The molecule has 0 radical (unpaired) electrons. The van der Waals surface area contributed by atoms with Crippen molar-refractivity contribution < 1.29 is 23.9 Å². The zero-order valence-electron chi connectivity index (χ0n) is 22.1. The smallest absolute Gasteiger partial charge is 0.319 e. The number of halogens is 1. The van der Waals surface area contributed by atoms with Crippen LogP contribution in [0.1, 0.15) is 39.9 Å². The largest absolute Gasteiger partial charge is 0.379 e. The number of hydrogen-bond acceptors (Lipinski definition) is 6. The number of benzene rings is 2. The number of rotatable bonds is 10. The van der Waals surface area contributed by atoms with Crippen molar-refractivity contribution in [2.75, 3.05) is 32.1 Å². The van der Waals surface area contributed by atoms with E-state index in [0.717, 1.165) is 16.7 Å². The van der Waals surface area contributed by atoms with Gasteiger partial charge in [-0.15, -0.1) is 0 Å². The van der Waals surface area contributed by atoms with Gasteiger partial charge in [-0.25, -0.2) is 4.79 Å². The number of nitrogens with zero attached hydrogens (tertiary/aromatic N) is 2. The fourth-order valence-corrected chi connectivity index (χ4v) is 4.80. The lowest BCUT2D eigenvalue weighted by molar-refractivity contribution is -0.136. The Morgan fingerprint density at radius 2 is 2.02 bits per heavy atom. The summed E-state index contributed by atoms with van der Waals surface area (Å²) in [5, 5.41) is 15.7. The van der Waals surface area contributed by atoms with Gasteiger partial charge >= 0.3 is 6.03 Å². The molecule has 1 fully saturated rings. The zero-order chi connectivity index (χ0) is 28.8. The van der Waals surface area contributed by atoms with E-state index in [9.17, 15) is 19.2 Å². The highest BCUT2D eigenvalue weighted by atomic mass is 35.5. The Hall–Kier alpha value is -4.16. The number of piperidine rings is 1. The quantitative estimate of drug-likeness (QED) is 0.126. The molecule has 0 aliphatic carbocycles. The molecule has 2 aromatic carbocycles. The molecule has 0 saturated carbocycles. The van der Waals surface area contributed by atoms with Gasteiger partial charge < -0.3 is 30.9 Å². The maximum atomic E-state index is 12.8. The van der Waals surface area contributed by atoms with Crippen molar-refractivity contribution in [3.8, 4) is 0 Å². The van der Waals surface area contributed by atoms with E-state index >= 15 is 0 Å². The van der Waals surface area contributed by atoms with Gasteiger partial charge in [-0.2, -0.15) is 0 Å². The SMILES string of the molecule is CN(CCOCCc1ccc(NC(=O)NCc2ccc3c(c2)CN(C2CCC(=O)NC2=O)C3=O)cc1Cl)C(=N)N. The van der Waals surface area contributed by atoms with Gasteiger partial charge in [0.2, 0.25) is 11.8 Å². The summed E-state index contributed by atoms with van der Waals surface area (Å²) in [6.07, 6.45) is 1.10. The molecule has 13 heteroatoms. The number of carbonyl (C=O) groups is 4. The Labute approximate surface area is 236 Å². The van der Waals surface area contributed by atoms with Crippen LogP contribution in [0, 0.1) is 5.41 Å². The minimum absolute atomic E-state index is 0.0130. The van der Waals surface area contributed by atoms with Gasteiger partial charge in [-0.3, -0.25) is 25.1 Å². The van der Waals surface area contributed by atoms with Crippen LogP contribution in [0.15, 0.2) is 36.4 Å². The van der Waals surface area contributed by atoms with Gasteiger partial charge in [-0.05, 0) is 47.7 Å². The number of imide groups is 1. The third-order valence-electron chi connectivity index (χ3n) is 6.85. The highest BCUT2D eigenvalue weighted by molar-refractivity contribution is 6.31. The summed E-state index contributed by atoms with van der Waals surface area (Å²) in [5.41, 5.74) is 8.89. The standard InChI is InChI=1S/C27H32ClN7O5/c1-34(26(29)30)9-11-40-10-8-17-3-4-19(13-21(17)28)32-27(39)31-14-16-2-5-20-18(12-16)15-35(25(20)38)22-6-7-23(36)33-24(22)37/h2-5,12-13,22H,6-11,14-15H2,1H3,(H3,29,30)(H2,31,32,39)(H,33,36,37). The monoisotopic (exact) mass is 569 g/mol. The molecule has 1 atom stereocenters. The second-order valence-corrected chi connectivity index (χ2v) is 10.1. The number of guanidine groups is 1. The topological polar surface area (TPSA) is 170 Å². The van der Waals surface area contributed by atoms with Crippen molar-refractivity contribution in [3.63, 3.8) is 0 Å². The lowest BCUT2D eigenvalue weighted by Gasteiger charge is -2.29. The Bertz CT molecular complexity index is 1330. The number of fused-ring (bicyclic) bond motifs is 1. The number of ether oxygens (including phenoxy) is 1. The van der Waals surface area contributed by atoms with Crippen LogP contribution in [-0.4, -0.2) is 72.4 Å². The minimum atomic E-state index is -0.671. The van der Waals surface area contributed by atoms with Crippen LogP contribution in [0.2, 0.25) is 5.02 Å². The van der Waals surface area contributed by atoms with E-state index < -0.39 is 18.0 Å². The molecule has 0 bridgehead atoms. The number of carbonyl (C=O) groups excluding carboxylic acids is 4. The Kier molecular flexibility index (Phi) is 9.22. The first kappa shape index (κ1) is 28.8. The highest BCUT2D eigenvalue weighted by Crippen LogP contribution is 2.28. The molecule has 1 saturated heterocycles. The number of hydrogen-bond donors (Lipinski definition) is 5. The summed E-state index contributed by atoms with van der Waals surface area (Å²) < 4.78 is 5.58. The van der Waals surface area contributed by atoms with Gasteiger partial charge in [-0.1, -0.05) is 29.8 Å². The number of likely N-dealkylation sites (N-methyl/N-ethyl adjacent to an activating group) is 1. The second kappa shape index (κ2) is 12.8. The van der Waals surface area contributed by atoms with Crippen molar-refractivity contribution in [3.05, 3.63) is 63.7 Å². The molecule has 1 unspecified atom stereocenters. The summed E-state index contributed by atoms with van der Waals surface area (Å²) >= 11 is 6.39. The summed E-state index contributed by atoms with van der Waals surface area (Å²) in [4.78, 5) is 52.1. The predicted molar refractivity (Wildman–Crippen MR) is 149 cm³/mol. The van der Waals surface area contributed by atoms with Crippen LogP contribution in [0.3, 0.4) is 0 Å². The van der Waals surface area contributed by atoms with E-state index in [-0.39, 0.29) is 37.3 Å². The van der Waals surface area contributed by atoms with E-state index in [1.165, 1.54) is 4.90 Å². The van der Waals surface area contributed by atoms with Gasteiger partial charge in [0.1, 0.15) is 6.04 Å². The van der Waals surface area contributed by atoms with E-state index in [4.69, 9.17) is 27.5 Å². The molecule has 6 N–H and O–H groups in total. The molecule has 0 aromatic heterocycles. The fourth-order valence-electron chi connectivity index (χ4n) is 4.53. The molecule has 5 amide bonds. The number of urea groups is 1. The number of amides is 5. The van der Waals surface area contributed by atoms with Gasteiger partial charge in [0.15, 0.2) is 5.96 Å². The Balaban J connectivity index is 1.24. The predicted octanol–water partition coefficient (Wildman–Crippen LogP) is 1.81. The normalized spacial score (nSPS) is 16.4. The van der Waals surface area contributed by atoms with Crippen LogP contribution in [-0.2, 0) is 33.8 Å². The summed E-state index contributed by atoms with van der Waals surface area (Å²) in [7, 11) is 1.72. The third-order valence-corrected chi connectivity index (χ3v) is 7.20. The van der Waals surface area contributed by atoms with Crippen LogP contribution in [0.5, 0.6) is 0 Å². The van der Waals surface area contributed by atoms with Crippen LogP contribution in [0.25, 0.3) is 0 Å². The molecule has 12 nitrogen and oxygen atoms in total. The third kappa shape index (κ3) is 7.07. The Morgan fingerprint density at radius 1 is 1.23 bits per heavy atom. The van der Waals surface area contributed by atoms with E-state index in [2.05, 4.69) is 16.0 Å². The summed E-state index contributed by atoms with van der Waals surface area (Å²) in [6.45, 7) is 1.91. The van der Waals surface area contributed by atoms with Crippen LogP contribution < -0.4 is 21.7 Å². The first-order valence-corrected chi connectivity index (χ1v) is 13.2. The number of anilines is 1.